The van der Waals surface area contributed by atoms with Gasteiger partial charge >= 0.3 is 6.03 Å². The molecule has 5 atom stereocenters. The highest BCUT2D eigenvalue weighted by Crippen LogP contribution is 2.28. The summed E-state index contributed by atoms with van der Waals surface area (Å²) >= 11 is 0. The fourth-order valence-corrected chi connectivity index (χ4v) is 2.51. The number of aliphatic hydroxyl groups is 1. The van der Waals surface area contributed by atoms with Gasteiger partial charge in [0.25, 0.3) is 0 Å². The molecule has 0 aromatic rings. The molecule has 2 fully saturated rings. The lowest BCUT2D eigenvalue weighted by molar-refractivity contribution is -0.151. The summed E-state index contributed by atoms with van der Waals surface area (Å²) in [5, 5.41) is 18.9. The Morgan fingerprint density at radius 1 is 1.52 bits per heavy atom. The fourth-order valence-electron chi connectivity index (χ4n) is 2.51. The van der Waals surface area contributed by atoms with Crippen LogP contribution in [-0.4, -0.2) is 75.1 Å². The molecule has 2 rings (SSSR count). The van der Waals surface area contributed by atoms with Gasteiger partial charge in [-0.1, -0.05) is 6.08 Å². The van der Waals surface area contributed by atoms with Crippen molar-refractivity contribution < 1.29 is 24.1 Å². The van der Waals surface area contributed by atoms with Crippen LogP contribution in [0.5, 0.6) is 0 Å². The number of hydrogen-bond acceptors (Lipinski definition) is 6. The van der Waals surface area contributed by atoms with Crippen LogP contribution in [0.1, 0.15) is 0 Å². The lowest BCUT2D eigenvalue weighted by Crippen LogP contribution is -2.65. The summed E-state index contributed by atoms with van der Waals surface area (Å²) in [4.78, 5) is 11.7. The zero-order valence-corrected chi connectivity index (χ0v) is 12.1. The fraction of sp³-hybridized carbons (Fsp3) is 0.769. The number of carbonyl (C=O) groups excluding carboxylic acids is 1. The van der Waals surface area contributed by atoms with Crippen LogP contribution >= 0.6 is 0 Å². The minimum atomic E-state index is -0.803. The summed E-state index contributed by atoms with van der Waals surface area (Å²) in [5.74, 6) is 0. The highest BCUT2D eigenvalue weighted by molar-refractivity contribution is 5.74. The molecule has 0 aliphatic carbocycles. The largest absolute Gasteiger partial charge is 0.389 e. The molecule has 0 saturated carbocycles. The average Bonchev–Trinajstić information content (AvgIpc) is 2.91. The molecule has 0 aromatic heterocycles. The van der Waals surface area contributed by atoms with Gasteiger partial charge in [-0.25, -0.2) is 4.79 Å². The van der Waals surface area contributed by atoms with Crippen molar-refractivity contribution in [3.63, 3.8) is 0 Å². The van der Waals surface area contributed by atoms with Crippen molar-refractivity contribution in [2.24, 2.45) is 0 Å². The summed E-state index contributed by atoms with van der Waals surface area (Å²) in [6.07, 6.45) is -0.0734. The molecule has 2 amide bonds. The summed E-state index contributed by atoms with van der Waals surface area (Å²) in [6.45, 7) is 5.30. The van der Waals surface area contributed by atoms with Crippen LogP contribution in [0, 0.1) is 0 Å². The zero-order valence-electron chi connectivity index (χ0n) is 12.1. The van der Waals surface area contributed by atoms with Gasteiger partial charge in [-0.2, -0.15) is 0 Å². The second kappa shape index (κ2) is 7.71. The number of rotatable bonds is 7. The van der Waals surface area contributed by atoms with Crippen molar-refractivity contribution in [2.45, 2.75) is 30.6 Å². The van der Waals surface area contributed by atoms with E-state index < -0.39 is 24.5 Å². The molecule has 2 saturated heterocycles. The number of nitrogens with one attached hydrogen (secondary N) is 3. The third-order valence-electron chi connectivity index (χ3n) is 3.55. The smallest absolute Gasteiger partial charge is 0.315 e. The van der Waals surface area contributed by atoms with Crippen LogP contribution < -0.4 is 16.0 Å². The lowest BCUT2D eigenvalue weighted by atomic mass is 9.96. The second-order valence-electron chi connectivity index (χ2n) is 5.01. The van der Waals surface area contributed by atoms with Crippen LogP contribution in [-0.2, 0) is 14.2 Å². The van der Waals surface area contributed by atoms with E-state index in [0.717, 1.165) is 0 Å². The van der Waals surface area contributed by atoms with Crippen molar-refractivity contribution in [3.05, 3.63) is 12.7 Å². The number of hydrogen-bond donors (Lipinski definition) is 4. The van der Waals surface area contributed by atoms with Gasteiger partial charge in [0, 0.05) is 20.2 Å². The summed E-state index contributed by atoms with van der Waals surface area (Å²) in [6, 6.07) is -1.32. The Labute approximate surface area is 123 Å². The molecule has 120 valence electrons. The molecule has 2 bridgehead atoms. The molecule has 0 radical (unpaired) electrons. The number of aliphatic hydroxyl groups excluding tert-OH is 1. The third kappa shape index (κ3) is 3.92. The van der Waals surface area contributed by atoms with E-state index in [4.69, 9.17) is 14.2 Å². The first-order valence-corrected chi connectivity index (χ1v) is 7.00. The van der Waals surface area contributed by atoms with Gasteiger partial charge in [-0.3, -0.25) is 0 Å². The first-order chi connectivity index (χ1) is 10.2. The Morgan fingerprint density at radius 3 is 3.05 bits per heavy atom. The first kappa shape index (κ1) is 16.2. The van der Waals surface area contributed by atoms with Crippen molar-refractivity contribution in [1.82, 2.24) is 16.0 Å². The summed E-state index contributed by atoms with van der Waals surface area (Å²) < 4.78 is 16.2. The Morgan fingerprint density at radius 2 is 2.33 bits per heavy atom. The van der Waals surface area contributed by atoms with Crippen LogP contribution in [0.2, 0.25) is 0 Å². The lowest BCUT2D eigenvalue weighted by Gasteiger charge is -2.38. The third-order valence-corrected chi connectivity index (χ3v) is 3.55. The molecule has 8 heteroatoms. The van der Waals surface area contributed by atoms with E-state index in [2.05, 4.69) is 22.5 Å². The molecule has 0 spiro atoms. The molecule has 21 heavy (non-hydrogen) atoms. The van der Waals surface area contributed by atoms with Crippen LogP contribution in [0.4, 0.5) is 4.79 Å². The van der Waals surface area contributed by atoms with Gasteiger partial charge in [0.2, 0.25) is 0 Å². The van der Waals surface area contributed by atoms with Gasteiger partial charge in [0.05, 0.1) is 31.4 Å². The molecule has 0 aromatic carbocycles. The Bertz CT molecular complexity index is 368. The van der Waals surface area contributed by atoms with Crippen LogP contribution in [0.15, 0.2) is 12.7 Å². The topological polar surface area (TPSA) is 101 Å². The first-order valence-electron chi connectivity index (χ1n) is 7.00. The number of fused-ring (bicyclic) bond motifs is 2. The van der Waals surface area contributed by atoms with E-state index in [1.165, 1.54) is 0 Å². The number of amides is 2. The average molecular weight is 301 g/mol. The minimum absolute atomic E-state index is 0.344. The van der Waals surface area contributed by atoms with E-state index in [1.54, 1.807) is 13.2 Å². The van der Waals surface area contributed by atoms with Gasteiger partial charge < -0.3 is 35.3 Å². The number of carbonyl (C=O) groups is 1. The van der Waals surface area contributed by atoms with Crippen molar-refractivity contribution in [1.29, 1.82) is 0 Å². The monoisotopic (exact) mass is 301 g/mol. The quantitative estimate of drug-likeness (QED) is 0.339. The Balaban J connectivity index is 1.93. The van der Waals surface area contributed by atoms with E-state index in [0.29, 0.717) is 26.3 Å². The maximum Gasteiger partial charge on any atom is 0.315 e. The summed E-state index contributed by atoms with van der Waals surface area (Å²) in [7, 11) is 1.60. The molecule has 2 heterocycles. The summed E-state index contributed by atoms with van der Waals surface area (Å²) in [5.41, 5.74) is 0. The highest BCUT2D eigenvalue weighted by atomic mass is 16.7. The van der Waals surface area contributed by atoms with E-state index in [-0.39, 0.29) is 12.1 Å². The number of methoxy groups -OCH3 is 1. The molecule has 8 nitrogen and oxygen atoms in total. The van der Waals surface area contributed by atoms with E-state index in [1.807, 2.05) is 0 Å². The maximum atomic E-state index is 11.7. The SMILES string of the molecule is C=CCNC(=O)NC1C2COC(O2)C(NCCOC)C1O. The molecule has 5 unspecified atom stereocenters. The van der Waals surface area contributed by atoms with E-state index in [9.17, 15) is 9.90 Å². The molecule has 4 N–H and O–H groups in total. The van der Waals surface area contributed by atoms with Crippen molar-refractivity contribution >= 4 is 6.03 Å². The van der Waals surface area contributed by atoms with Gasteiger partial charge in [-0.15, -0.1) is 6.58 Å². The number of urea groups is 1. The molecular weight excluding hydrogens is 278 g/mol. The maximum absolute atomic E-state index is 11.7. The normalized spacial score (nSPS) is 34.5. The van der Waals surface area contributed by atoms with Crippen LogP contribution in [0.3, 0.4) is 0 Å². The zero-order chi connectivity index (χ0) is 15.2. The van der Waals surface area contributed by atoms with Crippen molar-refractivity contribution in [2.75, 3.05) is 33.4 Å². The van der Waals surface area contributed by atoms with Crippen molar-refractivity contribution in [3.8, 4) is 0 Å². The van der Waals surface area contributed by atoms with Crippen LogP contribution in [0.25, 0.3) is 0 Å². The predicted molar refractivity (Wildman–Crippen MR) is 74.8 cm³/mol. The highest BCUT2D eigenvalue weighted by Gasteiger charge is 2.50. The second-order valence-corrected chi connectivity index (χ2v) is 5.01. The standard InChI is InChI=1S/C13H23N3O5/c1-3-4-15-13(18)16-9-8-7-20-12(21-8)10(11(9)17)14-5-6-19-2/h3,8-12,14,17H,1,4-7H2,2H3,(H2,15,16,18). The van der Waals surface area contributed by atoms with Gasteiger partial charge in [0.1, 0.15) is 6.10 Å². The van der Waals surface area contributed by atoms with E-state index >= 15 is 0 Å². The Hall–Kier alpha value is -1.19. The molecular formula is C13H23N3O5. The van der Waals surface area contributed by atoms with Gasteiger partial charge in [-0.05, 0) is 0 Å². The number of ether oxygens (including phenoxy) is 3. The molecule has 2 aliphatic rings. The Kier molecular flexibility index (Phi) is 5.95. The molecule has 2 aliphatic heterocycles. The van der Waals surface area contributed by atoms with Gasteiger partial charge in [0.15, 0.2) is 6.29 Å². The predicted octanol–water partition coefficient (Wildman–Crippen LogP) is -1.44. The minimum Gasteiger partial charge on any atom is -0.389 e.